The van der Waals surface area contributed by atoms with Gasteiger partial charge in [-0.25, -0.2) is 9.67 Å². The lowest BCUT2D eigenvalue weighted by molar-refractivity contribution is -0.384. The van der Waals surface area contributed by atoms with Crippen LogP contribution >= 0.6 is 0 Å². The second-order valence-electron chi connectivity index (χ2n) is 4.41. The van der Waals surface area contributed by atoms with Gasteiger partial charge in [-0.1, -0.05) is 12.1 Å². The number of benzene rings is 1. The molecule has 1 heterocycles. The van der Waals surface area contributed by atoms with E-state index in [9.17, 15) is 15.2 Å². The smallest absolute Gasteiger partial charge is 0.270 e. The first-order valence-corrected chi connectivity index (χ1v) is 6.50. The van der Waals surface area contributed by atoms with E-state index in [0.29, 0.717) is 18.0 Å². The van der Waals surface area contributed by atoms with Crippen molar-refractivity contribution in [2.24, 2.45) is 0 Å². The van der Waals surface area contributed by atoms with Crippen molar-refractivity contribution in [3.05, 3.63) is 40.7 Å². The van der Waals surface area contributed by atoms with Crippen LogP contribution in [0.15, 0.2) is 30.6 Å². The van der Waals surface area contributed by atoms with Crippen LogP contribution in [0, 0.1) is 10.1 Å². The van der Waals surface area contributed by atoms with Gasteiger partial charge in [0.05, 0.1) is 24.2 Å². The van der Waals surface area contributed by atoms with Gasteiger partial charge in [-0.05, 0) is 6.92 Å². The minimum atomic E-state index is -0.676. The van der Waals surface area contributed by atoms with E-state index < -0.39 is 11.0 Å². The third kappa shape index (κ3) is 4.07. The van der Waals surface area contributed by atoms with Crippen molar-refractivity contribution in [3.8, 4) is 11.4 Å². The first-order valence-electron chi connectivity index (χ1n) is 6.50. The normalized spacial score (nSPS) is 12.3. The summed E-state index contributed by atoms with van der Waals surface area (Å²) in [6, 6.07) is 6.10. The molecule has 0 saturated heterocycles. The molecule has 2 rings (SSSR count). The van der Waals surface area contributed by atoms with Gasteiger partial charge < -0.3 is 9.84 Å². The number of nitrogens with zero attached hydrogens (tertiary/aromatic N) is 4. The number of non-ortho nitro benzene ring substituents is 1. The van der Waals surface area contributed by atoms with Crippen LogP contribution in [0.25, 0.3) is 11.4 Å². The van der Waals surface area contributed by atoms with E-state index in [2.05, 4.69) is 10.1 Å². The summed E-state index contributed by atoms with van der Waals surface area (Å²) in [5, 5.41) is 24.7. The van der Waals surface area contributed by atoms with Crippen molar-refractivity contribution in [1.29, 1.82) is 0 Å². The molecule has 1 unspecified atom stereocenters. The summed E-state index contributed by atoms with van der Waals surface area (Å²) in [7, 11) is 0. The van der Waals surface area contributed by atoms with Gasteiger partial charge in [-0.2, -0.15) is 5.10 Å². The number of nitro benzene ring substituents is 1. The van der Waals surface area contributed by atoms with Crippen LogP contribution in [0.3, 0.4) is 0 Å². The van der Waals surface area contributed by atoms with Crippen molar-refractivity contribution >= 4 is 5.69 Å². The second kappa shape index (κ2) is 6.91. The Bertz CT molecular complexity index is 614. The molecule has 0 radical (unpaired) electrons. The predicted octanol–water partition coefficient (Wildman–Crippen LogP) is 1.25. The van der Waals surface area contributed by atoms with Gasteiger partial charge in [0.25, 0.3) is 5.69 Å². The Morgan fingerprint density at radius 2 is 2.33 bits per heavy atom. The van der Waals surface area contributed by atoms with Crippen LogP contribution in [0.2, 0.25) is 0 Å². The lowest BCUT2D eigenvalue weighted by Gasteiger charge is -2.09. The number of rotatable bonds is 7. The van der Waals surface area contributed by atoms with Gasteiger partial charge in [0.15, 0.2) is 5.82 Å². The van der Waals surface area contributed by atoms with Crippen LogP contribution in [0.4, 0.5) is 5.69 Å². The van der Waals surface area contributed by atoms with Crippen molar-refractivity contribution in [2.45, 2.75) is 19.6 Å². The quantitative estimate of drug-likeness (QED) is 0.608. The van der Waals surface area contributed by atoms with Crippen LogP contribution in [-0.4, -0.2) is 44.1 Å². The number of aromatic nitrogens is 3. The molecule has 1 N–H and O–H groups in total. The molecule has 0 aliphatic rings. The van der Waals surface area contributed by atoms with Crippen molar-refractivity contribution in [1.82, 2.24) is 14.8 Å². The summed E-state index contributed by atoms with van der Waals surface area (Å²) >= 11 is 0. The van der Waals surface area contributed by atoms with Crippen LogP contribution in [0.5, 0.6) is 0 Å². The number of ether oxygens (including phenoxy) is 1. The zero-order chi connectivity index (χ0) is 15.2. The number of aliphatic hydroxyl groups excluding tert-OH is 1. The monoisotopic (exact) mass is 292 g/mol. The van der Waals surface area contributed by atoms with E-state index in [4.69, 9.17) is 4.74 Å². The largest absolute Gasteiger partial charge is 0.389 e. The lowest BCUT2D eigenvalue weighted by Crippen LogP contribution is -2.22. The molecule has 1 atom stereocenters. The molecule has 112 valence electrons. The summed E-state index contributed by atoms with van der Waals surface area (Å²) in [5.74, 6) is 0.377. The van der Waals surface area contributed by atoms with E-state index >= 15 is 0 Å². The highest BCUT2D eigenvalue weighted by Crippen LogP contribution is 2.20. The van der Waals surface area contributed by atoms with Gasteiger partial charge in [0, 0.05) is 24.3 Å². The first kappa shape index (κ1) is 15.1. The Hall–Kier alpha value is -2.32. The Kier molecular flexibility index (Phi) is 4.96. The van der Waals surface area contributed by atoms with Gasteiger partial charge in [0.2, 0.25) is 0 Å². The Morgan fingerprint density at radius 3 is 3.05 bits per heavy atom. The summed E-state index contributed by atoms with van der Waals surface area (Å²) in [5.41, 5.74) is 0.544. The predicted molar refractivity (Wildman–Crippen MR) is 74.6 cm³/mol. The molecule has 0 fully saturated rings. The molecule has 2 aromatic rings. The zero-order valence-electron chi connectivity index (χ0n) is 11.5. The van der Waals surface area contributed by atoms with E-state index in [1.807, 2.05) is 6.92 Å². The number of nitro groups is 1. The number of aliphatic hydroxyl groups is 1. The van der Waals surface area contributed by atoms with Crippen LogP contribution in [0.1, 0.15) is 6.92 Å². The average Bonchev–Trinajstić information content (AvgIpc) is 2.93. The first-order chi connectivity index (χ1) is 10.1. The average molecular weight is 292 g/mol. The molecule has 0 spiro atoms. The lowest BCUT2D eigenvalue weighted by atomic mass is 10.2. The summed E-state index contributed by atoms with van der Waals surface area (Å²) in [6.07, 6.45) is 0.799. The van der Waals surface area contributed by atoms with Crippen molar-refractivity contribution in [3.63, 3.8) is 0 Å². The molecule has 8 nitrogen and oxygen atoms in total. The van der Waals surface area contributed by atoms with Crippen LogP contribution < -0.4 is 0 Å². The highest BCUT2D eigenvalue weighted by Gasteiger charge is 2.12. The molecule has 0 bridgehead atoms. The maximum atomic E-state index is 10.7. The Morgan fingerprint density at radius 1 is 1.52 bits per heavy atom. The number of hydrogen-bond donors (Lipinski definition) is 1. The molecule has 0 amide bonds. The molecule has 0 aliphatic carbocycles. The fourth-order valence-corrected chi connectivity index (χ4v) is 1.80. The fourth-order valence-electron chi connectivity index (χ4n) is 1.80. The zero-order valence-corrected chi connectivity index (χ0v) is 11.5. The Labute approximate surface area is 121 Å². The minimum absolute atomic E-state index is 0.0137. The van der Waals surface area contributed by atoms with E-state index in [1.54, 1.807) is 12.1 Å². The van der Waals surface area contributed by atoms with Crippen molar-refractivity contribution < 1.29 is 14.8 Å². The van der Waals surface area contributed by atoms with Gasteiger partial charge in [-0.3, -0.25) is 10.1 Å². The second-order valence-corrected chi connectivity index (χ2v) is 4.41. The maximum Gasteiger partial charge on any atom is 0.270 e. The summed E-state index contributed by atoms with van der Waals surface area (Å²) < 4.78 is 6.60. The molecular formula is C13H16N4O4. The number of hydrogen-bond acceptors (Lipinski definition) is 6. The molecular weight excluding hydrogens is 276 g/mol. The third-order valence-electron chi connectivity index (χ3n) is 2.76. The Balaban J connectivity index is 2.09. The molecule has 0 saturated carbocycles. The van der Waals surface area contributed by atoms with Gasteiger partial charge in [-0.15, -0.1) is 0 Å². The topological polar surface area (TPSA) is 103 Å². The van der Waals surface area contributed by atoms with Crippen molar-refractivity contribution in [2.75, 3.05) is 13.2 Å². The highest BCUT2D eigenvalue weighted by molar-refractivity contribution is 5.58. The standard InChI is InChI=1S/C13H16N4O4/c1-2-21-8-12(18)7-16-9-14-13(15-16)10-4-3-5-11(6-10)17(19)20/h3-6,9,12,18H,2,7-8H2,1H3. The van der Waals surface area contributed by atoms with Gasteiger partial charge >= 0.3 is 0 Å². The maximum absolute atomic E-state index is 10.7. The van der Waals surface area contributed by atoms with Gasteiger partial charge in [0.1, 0.15) is 6.33 Å². The molecule has 1 aromatic carbocycles. The molecule has 0 aliphatic heterocycles. The van der Waals surface area contributed by atoms with E-state index in [1.165, 1.54) is 23.1 Å². The summed E-state index contributed by atoms with van der Waals surface area (Å²) in [4.78, 5) is 14.4. The summed E-state index contributed by atoms with van der Waals surface area (Å²) in [6.45, 7) is 2.86. The fraction of sp³-hybridized carbons (Fsp3) is 0.385. The molecule has 1 aromatic heterocycles. The van der Waals surface area contributed by atoms with E-state index in [-0.39, 0.29) is 18.8 Å². The van der Waals surface area contributed by atoms with Crippen LogP contribution in [-0.2, 0) is 11.3 Å². The SMILES string of the molecule is CCOCC(O)Cn1cnc(-c2cccc([N+](=O)[O-])c2)n1. The highest BCUT2D eigenvalue weighted by atomic mass is 16.6. The van der Waals surface area contributed by atoms with E-state index in [0.717, 1.165) is 0 Å². The molecule has 21 heavy (non-hydrogen) atoms. The minimum Gasteiger partial charge on any atom is -0.389 e. The third-order valence-corrected chi connectivity index (χ3v) is 2.76. The molecule has 8 heteroatoms.